The molecule has 4 heteroatoms. The van der Waals surface area contributed by atoms with E-state index in [0.29, 0.717) is 11.8 Å². The molecular weight excluding hydrogens is 588 g/mol. The zero-order valence-corrected chi connectivity index (χ0v) is 25.9. The number of nitrogens with zero attached hydrogens (tertiary/aromatic N) is 2. The van der Waals surface area contributed by atoms with Crippen molar-refractivity contribution in [2.24, 2.45) is 0 Å². The maximum absolute atomic E-state index is 6.93. The monoisotopic (exact) mass is 616 g/mol. The van der Waals surface area contributed by atoms with Crippen molar-refractivity contribution in [1.82, 2.24) is 10.2 Å². The lowest BCUT2D eigenvalue weighted by atomic mass is 9.93. The highest BCUT2D eigenvalue weighted by Gasteiger charge is 2.20. The molecule has 0 atom stereocenters. The fourth-order valence-electron chi connectivity index (χ4n) is 6.45. The van der Waals surface area contributed by atoms with Gasteiger partial charge in [0, 0.05) is 33.0 Å². The van der Waals surface area contributed by atoms with Crippen LogP contribution in [0.4, 0.5) is 0 Å². The summed E-state index contributed by atoms with van der Waals surface area (Å²) in [5.41, 5.74) is 12.3. The summed E-state index contributed by atoms with van der Waals surface area (Å²) in [5.74, 6) is 0.978. The lowest BCUT2D eigenvalue weighted by Crippen LogP contribution is -1.85. The van der Waals surface area contributed by atoms with Crippen LogP contribution in [0.25, 0.3) is 89.4 Å². The molecule has 0 N–H and O–H groups in total. The Labute approximate surface area is 277 Å². The average molecular weight is 617 g/mol. The summed E-state index contributed by atoms with van der Waals surface area (Å²) in [7, 11) is 0. The Morgan fingerprint density at radius 1 is 0.292 bits per heavy atom. The molecule has 0 saturated carbocycles. The molecule has 0 amide bonds. The average Bonchev–Trinajstić information content (AvgIpc) is 3.82. The lowest BCUT2D eigenvalue weighted by molar-refractivity contribution is 0.584. The second-order valence-corrected chi connectivity index (χ2v) is 11.9. The van der Waals surface area contributed by atoms with Gasteiger partial charge < -0.3 is 8.83 Å². The smallest absolute Gasteiger partial charge is 0.248 e. The van der Waals surface area contributed by atoms with Crippen LogP contribution in [-0.4, -0.2) is 10.2 Å². The maximum atomic E-state index is 6.93. The lowest BCUT2D eigenvalue weighted by Gasteiger charge is -2.09. The Bertz CT molecular complexity index is 2520. The van der Waals surface area contributed by atoms with E-state index in [9.17, 15) is 0 Å². The minimum Gasteiger partial charge on any atom is -0.455 e. The third-order valence-corrected chi connectivity index (χ3v) is 8.86. The maximum Gasteiger partial charge on any atom is 0.248 e. The number of benzene rings is 7. The topological polar surface area (TPSA) is 52.1 Å². The quantitative estimate of drug-likeness (QED) is 0.186. The van der Waals surface area contributed by atoms with Gasteiger partial charge in [0.15, 0.2) is 0 Å². The van der Waals surface area contributed by atoms with Gasteiger partial charge in [-0.15, -0.1) is 10.2 Å². The Morgan fingerprint density at radius 3 is 1.10 bits per heavy atom. The van der Waals surface area contributed by atoms with Gasteiger partial charge in [-0.05, 0) is 81.9 Å². The first-order valence-electron chi connectivity index (χ1n) is 16.0. The van der Waals surface area contributed by atoms with Crippen molar-refractivity contribution in [1.29, 1.82) is 0 Å². The Balaban J connectivity index is 1.24. The van der Waals surface area contributed by atoms with Crippen LogP contribution in [0.15, 0.2) is 179 Å². The van der Waals surface area contributed by atoms with E-state index in [0.717, 1.165) is 77.6 Å². The van der Waals surface area contributed by atoms with Gasteiger partial charge in [0.05, 0.1) is 0 Å². The first-order chi connectivity index (χ1) is 23.8. The molecule has 0 aliphatic rings. The van der Waals surface area contributed by atoms with Gasteiger partial charge in [-0.3, -0.25) is 0 Å². The second-order valence-electron chi connectivity index (χ2n) is 11.9. The first-order valence-corrected chi connectivity index (χ1v) is 16.0. The van der Waals surface area contributed by atoms with Crippen LogP contribution in [-0.2, 0) is 0 Å². The van der Waals surface area contributed by atoms with Crippen LogP contribution in [0.1, 0.15) is 0 Å². The standard InChI is InChI=1S/C44H28N2O2/c1-5-13-29(14-6-1)35-25-37(31-17-9-3-10-18-31)41-39(27-35)40-28-36(30-15-7-2-8-16-30)26-38(42(40)47-41)32-21-23-34(24-22-32)44-46-45-43(48-44)33-19-11-4-12-20-33/h1-28H. The highest BCUT2D eigenvalue weighted by Crippen LogP contribution is 2.44. The number of hydrogen-bond acceptors (Lipinski definition) is 4. The summed E-state index contributed by atoms with van der Waals surface area (Å²) in [6, 6.07) is 58.6. The molecule has 9 rings (SSSR count). The predicted octanol–water partition coefficient (Wildman–Crippen LogP) is 12.0. The van der Waals surface area contributed by atoms with Crippen molar-refractivity contribution in [3.8, 4) is 67.4 Å². The highest BCUT2D eigenvalue weighted by molar-refractivity contribution is 6.15. The molecule has 0 bridgehead atoms. The number of furan rings is 1. The van der Waals surface area contributed by atoms with Crippen molar-refractivity contribution < 1.29 is 8.83 Å². The summed E-state index contributed by atoms with van der Waals surface area (Å²) < 4.78 is 13.0. The van der Waals surface area contributed by atoms with Gasteiger partial charge in [-0.1, -0.05) is 121 Å². The molecule has 0 aliphatic carbocycles. The minimum atomic E-state index is 0.480. The molecule has 0 spiro atoms. The number of rotatable bonds is 6. The Kier molecular flexibility index (Phi) is 6.76. The third-order valence-electron chi connectivity index (χ3n) is 8.86. The van der Waals surface area contributed by atoms with Crippen LogP contribution in [0.2, 0.25) is 0 Å². The second kappa shape index (κ2) is 11.7. The molecule has 48 heavy (non-hydrogen) atoms. The molecule has 0 saturated heterocycles. The summed E-state index contributed by atoms with van der Waals surface area (Å²) in [6.07, 6.45) is 0. The van der Waals surface area contributed by atoms with E-state index in [1.165, 1.54) is 0 Å². The van der Waals surface area contributed by atoms with Crippen LogP contribution >= 0.6 is 0 Å². The van der Waals surface area contributed by atoms with E-state index in [4.69, 9.17) is 8.83 Å². The summed E-state index contributed by atoms with van der Waals surface area (Å²) >= 11 is 0. The molecule has 226 valence electrons. The molecule has 0 fully saturated rings. The highest BCUT2D eigenvalue weighted by atomic mass is 16.4. The molecule has 0 unspecified atom stereocenters. The predicted molar refractivity (Wildman–Crippen MR) is 194 cm³/mol. The summed E-state index contributed by atoms with van der Waals surface area (Å²) in [6.45, 7) is 0. The van der Waals surface area contributed by atoms with Gasteiger partial charge >= 0.3 is 0 Å². The third kappa shape index (κ3) is 4.97. The number of hydrogen-bond donors (Lipinski definition) is 0. The Morgan fingerprint density at radius 2 is 0.646 bits per heavy atom. The van der Waals surface area contributed by atoms with Crippen molar-refractivity contribution in [2.75, 3.05) is 0 Å². The number of fused-ring (bicyclic) bond motifs is 3. The van der Waals surface area contributed by atoms with E-state index in [1.807, 2.05) is 54.6 Å². The summed E-state index contributed by atoms with van der Waals surface area (Å²) in [5, 5.41) is 10.8. The fourth-order valence-corrected chi connectivity index (χ4v) is 6.45. The van der Waals surface area contributed by atoms with Crippen molar-refractivity contribution in [3.63, 3.8) is 0 Å². The number of aromatic nitrogens is 2. The SMILES string of the molecule is c1ccc(-c2cc(-c3ccccc3)c3oc4c(-c5ccc(-c6nnc(-c7ccccc7)o6)cc5)cc(-c5ccccc5)cc4c3c2)cc1. The van der Waals surface area contributed by atoms with Crippen LogP contribution in [0.3, 0.4) is 0 Å². The molecule has 9 aromatic rings. The van der Waals surface area contributed by atoms with Crippen LogP contribution < -0.4 is 0 Å². The van der Waals surface area contributed by atoms with Crippen molar-refractivity contribution >= 4 is 21.9 Å². The molecule has 0 radical (unpaired) electrons. The van der Waals surface area contributed by atoms with Crippen molar-refractivity contribution in [3.05, 3.63) is 170 Å². The van der Waals surface area contributed by atoms with E-state index in [-0.39, 0.29) is 0 Å². The molecule has 4 nitrogen and oxygen atoms in total. The van der Waals surface area contributed by atoms with Crippen LogP contribution in [0, 0.1) is 0 Å². The zero-order valence-electron chi connectivity index (χ0n) is 25.9. The van der Waals surface area contributed by atoms with Gasteiger partial charge in [-0.2, -0.15) is 0 Å². The van der Waals surface area contributed by atoms with Crippen LogP contribution in [0.5, 0.6) is 0 Å². The van der Waals surface area contributed by atoms with E-state index in [2.05, 4.69) is 125 Å². The minimum absolute atomic E-state index is 0.480. The fraction of sp³-hybridized carbons (Fsp3) is 0. The van der Waals surface area contributed by atoms with Gasteiger partial charge in [0.1, 0.15) is 11.2 Å². The van der Waals surface area contributed by atoms with Crippen molar-refractivity contribution in [2.45, 2.75) is 0 Å². The zero-order chi connectivity index (χ0) is 31.9. The van der Waals surface area contributed by atoms with E-state index < -0.39 is 0 Å². The molecular formula is C44H28N2O2. The molecule has 7 aromatic carbocycles. The van der Waals surface area contributed by atoms with Gasteiger partial charge in [0.25, 0.3) is 0 Å². The summed E-state index contributed by atoms with van der Waals surface area (Å²) in [4.78, 5) is 0. The van der Waals surface area contributed by atoms with Gasteiger partial charge in [-0.25, -0.2) is 0 Å². The Hall–Kier alpha value is -6.52. The molecule has 2 aromatic heterocycles. The first kappa shape index (κ1) is 27.8. The van der Waals surface area contributed by atoms with E-state index >= 15 is 0 Å². The largest absolute Gasteiger partial charge is 0.455 e. The molecule has 2 heterocycles. The normalized spacial score (nSPS) is 11.3. The van der Waals surface area contributed by atoms with Gasteiger partial charge in [0.2, 0.25) is 11.8 Å². The van der Waals surface area contributed by atoms with E-state index in [1.54, 1.807) is 0 Å². The molecule has 0 aliphatic heterocycles.